The predicted octanol–water partition coefficient (Wildman–Crippen LogP) is 1.13. The predicted molar refractivity (Wildman–Crippen MR) is 67.0 cm³/mol. The number of carbonyl (C=O) groups is 2. The van der Waals surface area contributed by atoms with Crippen molar-refractivity contribution in [3.63, 3.8) is 0 Å². The van der Waals surface area contributed by atoms with Crippen LogP contribution >= 0.6 is 11.3 Å². The summed E-state index contributed by atoms with van der Waals surface area (Å²) in [5.74, 6) is -0.155. The molecule has 0 saturated carbocycles. The number of ketones is 1. The van der Waals surface area contributed by atoms with Gasteiger partial charge in [0.25, 0.3) is 0 Å². The van der Waals surface area contributed by atoms with Crippen molar-refractivity contribution < 1.29 is 9.59 Å². The lowest BCUT2D eigenvalue weighted by atomic mass is 9.89. The van der Waals surface area contributed by atoms with Gasteiger partial charge in [-0.3, -0.25) is 14.5 Å². The second-order valence-electron chi connectivity index (χ2n) is 4.79. The van der Waals surface area contributed by atoms with Crippen molar-refractivity contribution in [3.05, 3.63) is 22.4 Å². The Hall–Kier alpha value is -1.20. The molecule has 0 aromatic carbocycles. The van der Waals surface area contributed by atoms with E-state index in [1.807, 2.05) is 29.3 Å². The molecule has 1 amide bonds. The highest BCUT2D eigenvalue weighted by molar-refractivity contribution is 7.12. The summed E-state index contributed by atoms with van der Waals surface area (Å²) in [6.07, 6.45) is 0.736. The number of primary amides is 1. The average Bonchev–Trinajstić information content (AvgIpc) is 2.88. The monoisotopic (exact) mass is 252 g/mol. The van der Waals surface area contributed by atoms with Gasteiger partial charge in [0.05, 0.1) is 16.8 Å². The Morgan fingerprint density at radius 3 is 2.88 bits per heavy atom. The van der Waals surface area contributed by atoms with Crippen molar-refractivity contribution in [2.45, 2.75) is 13.3 Å². The number of amides is 1. The van der Waals surface area contributed by atoms with E-state index in [-0.39, 0.29) is 11.7 Å². The molecule has 1 saturated heterocycles. The minimum atomic E-state index is -0.476. The molecule has 2 heterocycles. The van der Waals surface area contributed by atoms with Crippen LogP contribution in [0.1, 0.15) is 23.0 Å². The lowest BCUT2D eigenvalue weighted by Crippen LogP contribution is -2.38. The number of likely N-dealkylation sites (tertiary alicyclic amines) is 1. The zero-order valence-corrected chi connectivity index (χ0v) is 10.6. The summed E-state index contributed by atoms with van der Waals surface area (Å²) >= 11 is 1.45. The first-order valence-electron chi connectivity index (χ1n) is 5.60. The van der Waals surface area contributed by atoms with Gasteiger partial charge in [0.1, 0.15) is 0 Å². The summed E-state index contributed by atoms with van der Waals surface area (Å²) < 4.78 is 0. The minimum absolute atomic E-state index is 0.119. The summed E-state index contributed by atoms with van der Waals surface area (Å²) in [5, 5.41) is 1.89. The third-order valence-electron chi connectivity index (χ3n) is 3.31. The Labute approximate surface area is 104 Å². The summed E-state index contributed by atoms with van der Waals surface area (Å²) in [7, 11) is 0. The number of rotatable bonds is 4. The third-order valence-corrected chi connectivity index (χ3v) is 4.22. The van der Waals surface area contributed by atoms with Gasteiger partial charge in [0, 0.05) is 6.54 Å². The third kappa shape index (κ3) is 2.56. The Balaban J connectivity index is 1.95. The van der Waals surface area contributed by atoms with Gasteiger partial charge in [0.15, 0.2) is 5.78 Å². The Bertz CT molecular complexity index is 430. The molecule has 0 radical (unpaired) electrons. The quantitative estimate of drug-likeness (QED) is 0.817. The fourth-order valence-corrected chi connectivity index (χ4v) is 2.77. The molecule has 0 spiro atoms. The van der Waals surface area contributed by atoms with Gasteiger partial charge in [0.2, 0.25) is 5.91 Å². The summed E-state index contributed by atoms with van der Waals surface area (Å²) in [5.41, 5.74) is 4.89. The van der Waals surface area contributed by atoms with E-state index in [2.05, 4.69) is 0 Å². The molecule has 2 N–H and O–H groups in total. The van der Waals surface area contributed by atoms with Crippen LogP contribution < -0.4 is 5.73 Å². The summed E-state index contributed by atoms with van der Waals surface area (Å²) in [4.78, 5) is 26.0. The number of thiophene rings is 1. The van der Waals surface area contributed by atoms with Crippen LogP contribution in [0.4, 0.5) is 0 Å². The molecule has 1 fully saturated rings. The van der Waals surface area contributed by atoms with Crippen molar-refractivity contribution >= 4 is 23.0 Å². The number of Topliss-reactive ketones (excluding diaryl/α,β-unsaturated/α-hetero) is 1. The number of nitrogens with two attached hydrogens (primary N) is 1. The maximum Gasteiger partial charge on any atom is 0.224 e. The Morgan fingerprint density at radius 1 is 1.59 bits per heavy atom. The summed E-state index contributed by atoms with van der Waals surface area (Å²) in [6, 6.07) is 3.70. The molecule has 1 aromatic heterocycles. The normalized spacial score (nSPS) is 25.0. The maximum atomic E-state index is 11.9. The van der Waals surface area contributed by atoms with E-state index >= 15 is 0 Å². The van der Waals surface area contributed by atoms with Crippen LogP contribution in [-0.4, -0.2) is 36.2 Å². The molecule has 0 bridgehead atoms. The van der Waals surface area contributed by atoms with Crippen molar-refractivity contribution in [2.75, 3.05) is 19.6 Å². The second-order valence-corrected chi connectivity index (χ2v) is 5.73. The highest BCUT2D eigenvalue weighted by atomic mass is 32.1. The Kier molecular flexibility index (Phi) is 3.31. The van der Waals surface area contributed by atoms with E-state index in [0.29, 0.717) is 13.1 Å². The van der Waals surface area contributed by atoms with E-state index in [9.17, 15) is 9.59 Å². The molecule has 5 heteroatoms. The van der Waals surface area contributed by atoms with Crippen molar-refractivity contribution in [3.8, 4) is 0 Å². The van der Waals surface area contributed by atoms with E-state index in [4.69, 9.17) is 5.73 Å². The zero-order valence-electron chi connectivity index (χ0n) is 9.81. The van der Waals surface area contributed by atoms with E-state index < -0.39 is 5.41 Å². The number of hydrogen-bond acceptors (Lipinski definition) is 4. The molecule has 92 valence electrons. The van der Waals surface area contributed by atoms with Gasteiger partial charge in [-0.05, 0) is 31.3 Å². The topological polar surface area (TPSA) is 63.4 Å². The molecule has 1 aliphatic rings. The molecule has 1 aliphatic heterocycles. The molecule has 1 unspecified atom stereocenters. The van der Waals surface area contributed by atoms with Crippen LogP contribution in [0.15, 0.2) is 17.5 Å². The van der Waals surface area contributed by atoms with Gasteiger partial charge < -0.3 is 5.73 Å². The fraction of sp³-hybridized carbons (Fsp3) is 0.500. The molecule has 1 atom stereocenters. The lowest BCUT2D eigenvalue weighted by molar-refractivity contribution is -0.126. The number of carbonyl (C=O) groups excluding carboxylic acids is 2. The fourth-order valence-electron chi connectivity index (χ4n) is 2.11. The standard InChI is InChI=1S/C12H16N2O2S/c1-12(11(13)16)4-5-14(8-12)7-9(15)10-3-2-6-17-10/h2-3,6H,4-5,7-8H2,1H3,(H2,13,16). The molecular formula is C12H16N2O2S. The van der Waals surface area contributed by atoms with Crippen LogP contribution in [0.25, 0.3) is 0 Å². The highest BCUT2D eigenvalue weighted by Crippen LogP contribution is 2.29. The van der Waals surface area contributed by atoms with Gasteiger partial charge >= 0.3 is 0 Å². The molecular weight excluding hydrogens is 236 g/mol. The Morgan fingerprint density at radius 2 is 2.35 bits per heavy atom. The molecule has 17 heavy (non-hydrogen) atoms. The smallest absolute Gasteiger partial charge is 0.224 e. The van der Waals surface area contributed by atoms with Crippen molar-refractivity contribution in [1.29, 1.82) is 0 Å². The summed E-state index contributed by atoms with van der Waals surface area (Å²) in [6.45, 7) is 3.59. The van der Waals surface area contributed by atoms with Crippen LogP contribution in [0.3, 0.4) is 0 Å². The van der Waals surface area contributed by atoms with E-state index in [1.165, 1.54) is 11.3 Å². The second kappa shape index (κ2) is 4.58. The molecule has 4 nitrogen and oxygen atoms in total. The van der Waals surface area contributed by atoms with Gasteiger partial charge in [-0.1, -0.05) is 6.07 Å². The van der Waals surface area contributed by atoms with Crippen molar-refractivity contribution in [2.24, 2.45) is 11.1 Å². The first-order chi connectivity index (χ1) is 8.01. The average molecular weight is 252 g/mol. The van der Waals surface area contributed by atoms with Crippen LogP contribution in [-0.2, 0) is 4.79 Å². The van der Waals surface area contributed by atoms with E-state index in [1.54, 1.807) is 0 Å². The van der Waals surface area contributed by atoms with Gasteiger partial charge in [-0.2, -0.15) is 0 Å². The van der Waals surface area contributed by atoms with Crippen LogP contribution in [0.5, 0.6) is 0 Å². The molecule has 1 aromatic rings. The molecule has 0 aliphatic carbocycles. The van der Waals surface area contributed by atoms with Crippen molar-refractivity contribution in [1.82, 2.24) is 4.90 Å². The molecule has 2 rings (SSSR count). The highest BCUT2D eigenvalue weighted by Gasteiger charge is 2.39. The van der Waals surface area contributed by atoms with Gasteiger partial charge in [-0.15, -0.1) is 11.3 Å². The lowest BCUT2D eigenvalue weighted by Gasteiger charge is -2.20. The first kappa shape index (κ1) is 12.3. The number of hydrogen-bond donors (Lipinski definition) is 1. The van der Waals surface area contributed by atoms with Crippen LogP contribution in [0.2, 0.25) is 0 Å². The van der Waals surface area contributed by atoms with Crippen LogP contribution in [0, 0.1) is 5.41 Å². The minimum Gasteiger partial charge on any atom is -0.369 e. The first-order valence-corrected chi connectivity index (χ1v) is 6.48. The number of nitrogens with zero attached hydrogens (tertiary/aromatic N) is 1. The van der Waals surface area contributed by atoms with E-state index in [0.717, 1.165) is 17.8 Å². The largest absolute Gasteiger partial charge is 0.369 e. The SMILES string of the molecule is CC1(C(N)=O)CCN(CC(=O)c2cccs2)C1. The zero-order chi connectivity index (χ0) is 12.5. The van der Waals surface area contributed by atoms with Gasteiger partial charge in [-0.25, -0.2) is 0 Å². The maximum absolute atomic E-state index is 11.9.